The molecule has 1 saturated heterocycles. The van der Waals surface area contributed by atoms with Gasteiger partial charge in [-0.1, -0.05) is 31.9 Å². The highest BCUT2D eigenvalue weighted by atomic mass is 16.5. The second-order valence-electron chi connectivity index (χ2n) is 7.22. The zero-order chi connectivity index (χ0) is 20.3. The summed E-state index contributed by atoms with van der Waals surface area (Å²) >= 11 is 0. The first-order valence-electron chi connectivity index (χ1n) is 9.35. The molecular formula is C20H24N2O6. The van der Waals surface area contributed by atoms with Gasteiger partial charge in [-0.2, -0.15) is 0 Å². The molecule has 2 fully saturated rings. The molecule has 1 aromatic rings. The van der Waals surface area contributed by atoms with Crippen LogP contribution in [0.3, 0.4) is 0 Å². The third-order valence-electron chi connectivity index (χ3n) is 5.56. The Hall–Kier alpha value is -2.90. The third-order valence-corrected chi connectivity index (χ3v) is 5.56. The molecule has 150 valence electrons. The number of amides is 3. The van der Waals surface area contributed by atoms with E-state index in [4.69, 9.17) is 9.47 Å². The molecule has 3 rings (SSSR count). The lowest BCUT2D eigenvalue weighted by Crippen LogP contribution is -2.54. The summed E-state index contributed by atoms with van der Waals surface area (Å²) in [6.45, 7) is 0.924. The van der Waals surface area contributed by atoms with Gasteiger partial charge in [0.25, 0.3) is 5.91 Å². The van der Waals surface area contributed by atoms with Gasteiger partial charge in [0, 0.05) is 0 Å². The van der Waals surface area contributed by atoms with E-state index in [1.54, 1.807) is 24.3 Å². The van der Waals surface area contributed by atoms with Gasteiger partial charge in [-0.3, -0.25) is 19.3 Å². The average molecular weight is 388 g/mol. The molecule has 3 amide bonds. The lowest BCUT2D eigenvalue weighted by molar-refractivity contribution is -0.147. The largest absolute Gasteiger partial charge is 0.496 e. The lowest BCUT2D eigenvalue weighted by Gasteiger charge is -2.36. The fourth-order valence-electron chi connectivity index (χ4n) is 3.91. The van der Waals surface area contributed by atoms with Crippen LogP contribution in [0.25, 0.3) is 0 Å². The predicted molar refractivity (Wildman–Crippen MR) is 98.9 cm³/mol. The molecular weight excluding hydrogens is 364 g/mol. The molecule has 1 aliphatic carbocycles. The fourth-order valence-corrected chi connectivity index (χ4v) is 3.91. The Labute approximate surface area is 163 Å². The number of imide groups is 1. The van der Waals surface area contributed by atoms with Gasteiger partial charge >= 0.3 is 12.0 Å². The molecule has 2 atom stereocenters. The maximum absolute atomic E-state index is 12.8. The summed E-state index contributed by atoms with van der Waals surface area (Å²) in [6, 6.07) is 6.01. The van der Waals surface area contributed by atoms with Crippen molar-refractivity contribution in [2.24, 2.45) is 5.92 Å². The van der Waals surface area contributed by atoms with Crippen LogP contribution in [0.15, 0.2) is 24.3 Å². The van der Waals surface area contributed by atoms with Crippen molar-refractivity contribution in [1.82, 2.24) is 10.2 Å². The summed E-state index contributed by atoms with van der Waals surface area (Å²) in [5, 5.41) is 2.78. The smallest absolute Gasteiger partial charge is 0.326 e. The van der Waals surface area contributed by atoms with Crippen molar-refractivity contribution in [3.8, 4) is 5.75 Å². The summed E-state index contributed by atoms with van der Waals surface area (Å²) in [4.78, 5) is 50.4. The van der Waals surface area contributed by atoms with E-state index in [1.165, 1.54) is 7.11 Å². The molecule has 8 nitrogen and oxygen atoms in total. The minimum Gasteiger partial charge on any atom is -0.496 e. The minimum absolute atomic E-state index is 0.00541. The van der Waals surface area contributed by atoms with Crippen LogP contribution in [0.1, 0.15) is 43.0 Å². The molecule has 0 aromatic heterocycles. The second kappa shape index (κ2) is 8.00. The van der Waals surface area contributed by atoms with Crippen LogP contribution in [0.4, 0.5) is 4.79 Å². The Morgan fingerprint density at radius 3 is 2.71 bits per heavy atom. The van der Waals surface area contributed by atoms with Crippen molar-refractivity contribution >= 4 is 23.7 Å². The highest BCUT2D eigenvalue weighted by Crippen LogP contribution is 2.38. The molecule has 0 bridgehead atoms. The van der Waals surface area contributed by atoms with Gasteiger partial charge in [0.05, 0.1) is 12.7 Å². The van der Waals surface area contributed by atoms with Crippen molar-refractivity contribution in [2.45, 2.75) is 38.1 Å². The third kappa shape index (κ3) is 3.58. The van der Waals surface area contributed by atoms with Gasteiger partial charge in [0.15, 0.2) is 6.61 Å². The Bertz CT molecular complexity index is 808. The van der Waals surface area contributed by atoms with Crippen molar-refractivity contribution in [3.05, 3.63) is 29.8 Å². The molecule has 1 heterocycles. The summed E-state index contributed by atoms with van der Waals surface area (Å²) in [5.41, 5.74) is -0.634. The van der Waals surface area contributed by atoms with Crippen LogP contribution in [-0.2, 0) is 14.3 Å². The number of nitrogens with one attached hydrogen (secondary N) is 1. The van der Waals surface area contributed by atoms with Crippen molar-refractivity contribution in [2.75, 3.05) is 20.3 Å². The average Bonchev–Trinajstić information content (AvgIpc) is 2.93. The quantitative estimate of drug-likeness (QED) is 0.454. The van der Waals surface area contributed by atoms with Crippen LogP contribution < -0.4 is 10.1 Å². The van der Waals surface area contributed by atoms with E-state index in [9.17, 15) is 19.2 Å². The van der Waals surface area contributed by atoms with Crippen molar-refractivity contribution in [1.29, 1.82) is 0 Å². The number of carbonyl (C=O) groups is 4. The number of para-hydroxylation sites is 1. The number of hydrogen-bond donors (Lipinski definition) is 1. The Balaban J connectivity index is 1.60. The topological polar surface area (TPSA) is 102 Å². The molecule has 0 radical (unpaired) electrons. The highest BCUT2D eigenvalue weighted by Gasteiger charge is 2.55. The van der Waals surface area contributed by atoms with Gasteiger partial charge < -0.3 is 14.8 Å². The Kier molecular flexibility index (Phi) is 5.67. The predicted octanol–water partition coefficient (Wildman–Crippen LogP) is 1.92. The number of urea groups is 1. The van der Waals surface area contributed by atoms with Gasteiger partial charge in [0.2, 0.25) is 5.78 Å². The zero-order valence-corrected chi connectivity index (χ0v) is 16.0. The maximum atomic E-state index is 12.8. The van der Waals surface area contributed by atoms with Crippen molar-refractivity contribution in [3.63, 3.8) is 0 Å². The SMILES string of the molecule is COc1ccccc1C(=O)COC(=O)CN1C(=O)N[C@@]2(CCCC[C@H]2C)C1=O. The second-order valence-corrected chi connectivity index (χ2v) is 7.22. The number of ketones is 1. The summed E-state index contributed by atoms with van der Waals surface area (Å²) in [5.74, 6) is -1.25. The molecule has 1 aromatic carbocycles. The molecule has 1 saturated carbocycles. The fraction of sp³-hybridized carbons (Fsp3) is 0.500. The van der Waals surface area contributed by atoms with Gasteiger partial charge in [-0.05, 0) is 30.9 Å². The Morgan fingerprint density at radius 1 is 1.25 bits per heavy atom. The molecule has 8 heteroatoms. The van der Waals surface area contributed by atoms with E-state index in [0.29, 0.717) is 17.7 Å². The van der Waals surface area contributed by atoms with E-state index < -0.39 is 42.4 Å². The number of benzene rings is 1. The number of hydrogen-bond acceptors (Lipinski definition) is 6. The van der Waals surface area contributed by atoms with E-state index in [2.05, 4.69) is 5.32 Å². The number of Topliss-reactive ketones (excluding diaryl/α,β-unsaturated/α-hetero) is 1. The van der Waals surface area contributed by atoms with Crippen LogP contribution >= 0.6 is 0 Å². The molecule has 28 heavy (non-hydrogen) atoms. The summed E-state index contributed by atoms with van der Waals surface area (Å²) in [7, 11) is 1.44. The molecule has 2 aliphatic rings. The van der Waals surface area contributed by atoms with Crippen LogP contribution in [-0.4, -0.2) is 54.4 Å². The number of ether oxygens (including phenoxy) is 2. The maximum Gasteiger partial charge on any atom is 0.326 e. The molecule has 1 spiro atoms. The summed E-state index contributed by atoms with van der Waals surface area (Å²) in [6.07, 6.45) is 3.27. The number of rotatable bonds is 6. The first kappa shape index (κ1) is 19.9. The van der Waals surface area contributed by atoms with E-state index in [1.807, 2.05) is 6.92 Å². The van der Waals surface area contributed by atoms with Crippen LogP contribution in [0, 0.1) is 5.92 Å². The van der Waals surface area contributed by atoms with Crippen LogP contribution in [0.5, 0.6) is 5.75 Å². The zero-order valence-electron chi connectivity index (χ0n) is 16.0. The lowest BCUT2D eigenvalue weighted by atomic mass is 9.73. The van der Waals surface area contributed by atoms with Crippen molar-refractivity contribution < 1.29 is 28.7 Å². The summed E-state index contributed by atoms with van der Waals surface area (Å²) < 4.78 is 10.1. The molecule has 1 N–H and O–H groups in total. The number of methoxy groups -OCH3 is 1. The number of nitrogens with zero attached hydrogens (tertiary/aromatic N) is 1. The Morgan fingerprint density at radius 2 is 2.00 bits per heavy atom. The number of esters is 1. The monoisotopic (exact) mass is 388 g/mol. The standard InChI is InChI=1S/C20H24N2O6/c1-13-7-5-6-10-20(13)18(25)22(19(26)21-20)11-17(24)28-12-15(23)14-8-3-4-9-16(14)27-2/h3-4,8-9,13H,5-7,10-12H2,1-2H3,(H,21,26)/t13-,20-/m1/s1. The molecule has 1 aliphatic heterocycles. The first-order chi connectivity index (χ1) is 13.4. The van der Waals surface area contributed by atoms with E-state index >= 15 is 0 Å². The van der Waals surface area contributed by atoms with Gasteiger partial charge in [-0.25, -0.2) is 4.79 Å². The van der Waals surface area contributed by atoms with Gasteiger partial charge in [0.1, 0.15) is 17.8 Å². The number of carbonyl (C=O) groups excluding carboxylic acids is 4. The normalized spacial score (nSPS) is 24.2. The van der Waals surface area contributed by atoms with Gasteiger partial charge in [-0.15, -0.1) is 0 Å². The van der Waals surface area contributed by atoms with E-state index in [-0.39, 0.29) is 5.92 Å². The molecule has 0 unspecified atom stereocenters. The van der Waals surface area contributed by atoms with Crippen LogP contribution in [0.2, 0.25) is 0 Å². The minimum atomic E-state index is -0.928. The van der Waals surface area contributed by atoms with E-state index in [0.717, 1.165) is 24.2 Å². The first-order valence-corrected chi connectivity index (χ1v) is 9.35. The highest BCUT2D eigenvalue weighted by molar-refractivity contribution is 6.09.